The molecular weight excluding hydrogens is 202 g/mol. The zero-order chi connectivity index (χ0) is 12.3. The molecule has 0 fully saturated rings. The summed E-state index contributed by atoms with van der Waals surface area (Å²) in [6.07, 6.45) is 0. The van der Waals surface area contributed by atoms with Crippen LogP contribution in [0.5, 0.6) is 5.75 Å². The predicted molar refractivity (Wildman–Crippen MR) is 65.6 cm³/mol. The molecule has 1 rings (SSSR count). The van der Waals surface area contributed by atoms with E-state index in [1.807, 2.05) is 32.3 Å². The number of nitrogens with zero attached hydrogens (tertiary/aromatic N) is 1. The van der Waals surface area contributed by atoms with E-state index < -0.39 is 5.60 Å². The standard InChI is InChI=1S/C13H21NO2/c1-13(2,15)11-6-7-12(16-5)10(8-11)9-14(3)4/h6-8,15H,9H2,1-5H3. The maximum atomic E-state index is 9.96. The SMILES string of the molecule is COc1ccc(C(C)(C)O)cc1CN(C)C. The van der Waals surface area contributed by atoms with Gasteiger partial charge in [0.15, 0.2) is 0 Å². The van der Waals surface area contributed by atoms with Crippen LogP contribution in [0.3, 0.4) is 0 Å². The third-order valence-corrected chi connectivity index (χ3v) is 2.47. The Hall–Kier alpha value is -1.06. The molecule has 0 aliphatic rings. The van der Waals surface area contributed by atoms with Gasteiger partial charge in [0, 0.05) is 12.1 Å². The number of benzene rings is 1. The van der Waals surface area contributed by atoms with E-state index in [2.05, 4.69) is 4.90 Å². The van der Waals surface area contributed by atoms with Crippen molar-refractivity contribution in [2.24, 2.45) is 0 Å². The second-order valence-corrected chi connectivity index (χ2v) is 4.82. The lowest BCUT2D eigenvalue weighted by atomic mass is 9.96. The van der Waals surface area contributed by atoms with Crippen molar-refractivity contribution in [1.29, 1.82) is 0 Å². The largest absolute Gasteiger partial charge is 0.496 e. The zero-order valence-corrected chi connectivity index (χ0v) is 10.7. The van der Waals surface area contributed by atoms with Crippen molar-refractivity contribution in [3.63, 3.8) is 0 Å². The van der Waals surface area contributed by atoms with Crippen LogP contribution in [0.2, 0.25) is 0 Å². The third-order valence-electron chi connectivity index (χ3n) is 2.47. The van der Waals surface area contributed by atoms with E-state index >= 15 is 0 Å². The molecule has 16 heavy (non-hydrogen) atoms. The molecule has 3 nitrogen and oxygen atoms in total. The smallest absolute Gasteiger partial charge is 0.123 e. The van der Waals surface area contributed by atoms with E-state index in [1.165, 1.54) is 0 Å². The van der Waals surface area contributed by atoms with Crippen molar-refractivity contribution in [2.45, 2.75) is 26.0 Å². The molecule has 1 aromatic rings. The maximum absolute atomic E-state index is 9.96. The summed E-state index contributed by atoms with van der Waals surface area (Å²) >= 11 is 0. The van der Waals surface area contributed by atoms with Crippen LogP contribution < -0.4 is 4.74 Å². The van der Waals surface area contributed by atoms with E-state index in [4.69, 9.17) is 4.74 Å². The highest BCUT2D eigenvalue weighted by atomic mass is 16.5. The van der Waals surface area contributed by atoms with Gasteiger partial charge in [-0.1, -0.05) is 6.07 Å². The van der Waals surface area contributed by atoms with Gasteiger partial charge in [0.2, 0.25) is 0 Å². The first-order valence-electron chi connectivity index (χ1n) is 5.39. The molecule has 0 aliphatic carbocycles. The molecule has 3 heteroatoms. The molecule has 0 aliphatic heterocycles. The summed E-state index contributed by atoms with van der Waals surface area (Å²) in [6, 6.07) is 5.81. The minimum absolute atomic E-state index is 0.799. The molecule has 0 radical (unpaired) electrons. The first kappa shape index (κ1) is 13.0. The zero-order valence-electron chi connectivity index (χ0n) is 10.7. The van der Waals surface area contributed by atoms with Gasteiger partial charge in [-0.25, -0.2) is 0 Å². The number of rotatable bonds is 4. The first-order chi connectivity index (χ1) is 7.34. The fourth-order valence-corrected chi connectivity index (χ4v) is 1.62. The van der Waals surface area contributed by atoms with E-state index in [0.717, 1.165) is 23.4 Å². The molecule has 0 atom stereocenters. The molecule has 0 saturated carbocycles. The lowest BCUT2D eigenvalue weighted by Crippen LogP contribution is -2.17. The Bertz CT molecular complexity index is 353. The highest BCUT2D eigenvalue weighted by molar-refractivity contribution is 5.39. The molecule has 0 spiro atoms. The Kier molecular flexibility index (Phi) is 3.94. The molecular formula is C13H21NO2. The summed E-state index contributed by atoms with van der Waals surface area (Å²) in [6.45, 7) is 4.37. The molecule has 1 aromatic carbocycles. The Morgan fingerprint density at radius 2 is 1.94 bits per heavy atom. The molecule has 90 valence electrons. The fraction of sp³-hybridized carbons (Fsp3) is 0.538. The Labute approximate surface area is 97.7 Å². The average Bonchev–Trinajstić information content (AvgIpc) is 2.15. The van der Waals surface area contributed by atoms with Gasteiger partial charge in [0.25, 0.3) is 0 Å². The van der Waals surface area contributed by atoms with Crippen LogP contribution in [0.25, 0.3) is 0 Å². The molecule has 0 bridgehead atoms. The van der Waals surface area contributed by atoms with Gasteiger partial charge in [-0.3, -0.25) is 0 Å². The summed E-state index contributed by atoms with van der Waals surface area (Å²) in [5.41, 5.74) is 1.19. The Balaban J connectivity index is 3.11. The second kappa shape index (κ2) is 4.85. The maximum Gasteiger partial charge on any atom is 0.123 e. The predicted octanol–water partition coefficient (Wildman–Crippen LogP) is 1.98. The lowest BCUT2D eigenvalue weighted by molar-refractivity contribution is 0.0784. The van der Waals surface area contributed by atoms with Crippen molar-refractivity contribution in [2.75, 3.05) is 21.2 Å². The second-order valence-electron chi connectivity index (χ2n) is 4.82. The number of methoxy groups -OCH3 is 1. The lowest BCUT2D eigenvalue weighted by Gasteiger charge is -2.21. The highest BCUT2D eigenvalue weighted by Gasteiger charge is 2.17. The van der Waals surface area contributed by atoms with E-state index in [1.54, 1.807) is 21.0 Å². The van der Waals surface area contributed by atoms with Crippen LogP contribution in [0, 0.1) is 0 Å². The minimum Gasteiger partial charge on any atom is -0.496 e. The molecule has 0 amide bonds. The van der Waals surface area contributed by atoms with Gasteiger partial charge >= 0.3 is 0 Å². The van der Waals surface area contributed by atoms with Gasteiger partial charge in [-0.2, -0.15) is 0 Å². The normalized spacial score (nSPS) is 11.9. The van der Waals surface area contributed by atoms with Crippen LogP contribution in [-0.2, 0) is 12.1 Å². The van der Waals surface area contributed by atoms with Gasteiger partial charge in [-0.15, -0.1) is 0 Å². The van der Waals surface area contributed by atoms with Gasteiger partial charge < -0.3 is 14.7 Å². The van der Waals surface area contributed by atoms with E-state index in [0.29, 0.717) is 0 Å². The van der Waals surface area contributed by atoms with Gasteiger partial charge in [-0.05, 0) is 45.6 Å². The van der Waals surface area contributed by atoms with Crippen LogP contribution in [-0.4, -0.2) is 31.2 Å². The Morgan fingerprint density at radius 3 is 2.38 bits per heavy atom. The van der Waals surface area contributed by atoms with Crippen LogP contribution in [0.1, 0.15) is 25.0 Å². The van der Waals surface area contributed by atoms with Crippen molar-refractivity contribution >= 4 is 0 Å². The number of hydrogen-bond acceptors (Lipinski definition) is 3. The first-order valence-corrected chi connectivity index (χ1v) is 5.39. The molecule has 0 saturated heterocycles. The quantitative estimate of drug-likeness (QED) is 0.847. The molecule has 0 aromatic heterocycles. The van der Waals surface area contributed by atoms with Crippen molar-refractivity contribution < 1.29 is 9.84 Å². The van der Waals surface area contributed by atoms with Crippen molar-refractivity contribution in [3.05, 3.63) is 29.3 Å². The van der Waals surface area contributed by atoms with Crippen molar-refractivity contribution in [1.82, 2.24) is 4.90 Å². The summed E-state index contributed by atoms with van der Waals surface area (Å²) in [7, 11) is 5.69. The van der Waals surface area contributed by atoms with Crippen molar-refractivity contribution in [3.8, 4) is 5.75 Å². The number of hydrogen-bond donors (Lipinski definition) is 1. The monoisotopic (exact) mass is 223 g/mol. The molecule has 0 heterocycles. The third kappa shape index (κ3) is 3.22. The summed E-state index contributed by atoms with van der Waals surface area (Å²) in [5, 5.41) is 9.96. The fourth-order valence-electron chi connectivity index (χ4n) is 1.62. The summed E-state index contributed by atoms with van der Waals surface area (Å²) in [4.78, 5) is 2.08. The van der Waals surface area contributed by atoms with Crippen LogP contribution in [0.4, 0.5) is 0 Å². The van der Waals surface area contributed by atoms with Crippen LogP contribution in [0.15, 0.2) is 18.2 Å². The summed E-state index contributed by atoms with van der Waals surface area (Å²) in [5.74, 6) is 0.863. The van der Waals surface area contributed by atoms with Gasteiger partial charge in [0.05, 0.1) is 12.7 Å². The van der Waals surface area contributed by atoms with E-state index in [9.17, 15) is 5.11 Å². The topological polar surface area (TPSA) is 32.7 Å². The van der Waals surface area contributed by atoms with Gasteiger partial charge in [0.1, 0.15) is 5.75 Å². The molecule has 1 N–H and O–H groups in total. The summed E-state index contributed by atoms with van der Waals surface area (Å²) < 4.78 is 5.31. The minimum atomic E-state index is -0.812. The Morgan fingerprint density at radius 1 is 1.31 bits per heavy atom. The highest BCUT2D eigenvalue weighted by Crippen LogP contribution is 2.27. The van der Waals surface area contributed by atoms with E-state index in [-0.39, 0.29) is 0 Å². The number of aliphatic hydroxyl groups is 1. The number of ether oxygens (including phenoxy) is 1. The van der Waals surface area contributed by atoms with Crippen LogP contribution >= 0.6 is 0 Å². The molecule has 0 unspecified atom stereocenters. The average molecular weight is 223 g/mol.